The molecule has 1 saturated heterocycles. The second-order valence-electron chi connectivity index (χ2n) is 3.60. The van der Waals surface area contributed by atoms with Gasteiger partial charge in [0.25, 0.3) is 0 Å². The van der Waals surface area contributed by atoms with Gasteiger partial charge >= 0.3 is 11.9 Å². The lowest BCUT2D eigenvalue weighted by Crippen LogP contribution is -2.42. The zero-order valence-corrected chi connectivity index (χ0v) is 9.93. The second-order valence-corrected chi connectivity index (χ2v) is 3.60. The molecule has 0 N–H and O–H groups in total. The molecule has 0 aromatic rings. The number of ether oxygens (including phenoxy) is 2. The van der Waals surface area contributed by atoms with Crippen molar-refractivity contribution in [1.82, 2.24) is 5.06 Å². The minimum Gasteiger partial charge on any atom is -0.469 e. The summed E-state index contributed by atoms with van der Waals surface area (Å²) in [5.41, 5.74) is 0. The minimum absolute atomic E-state index is 0.269. The molecule has 92 valence electrons. The first-order valence-corrected chi connectivity index (χ1v) is 5.17. The zero-order chi connectivity index (χ0) is 12.3. The molecular formula is C10H17NO5. The Balaban J connectivity index is 2.85. The highest BCUT2D eigenvalue weighted by Gasteiger charge is 2.49. The number of rotatable bonds is 3. The monoisotopic (exact) mass is 231 g/mol. The summed E-state index contributed by atoms with van der Waals surface area (Å²) in [5, 5.41) is 1.35. The molecule has 6 nitrogen and oxygen atoms in total. The van der Waals surface area contributed by atoms with Crippen LogP contribution in [0.25, 0.3) is 0 Å². The molecule has 0 aliphatic carbocycles. The third-order valence-electron chi connectivity index (χ3n) is 2.57. The van der Waals surface area contributed by atoms with E-state index in [9.17, 15) is 9.59 Å². The third-order valence-corrected chi connectivity index (χ3v) is 2.57. The molecule has 0 spiro atoms. The van der Waals surface area contributed by atoms with Crippen LogP contribution in [0.4, 0.5) is 0 Å². The fourth-order valence-electron chi connectivity index (χ4n) is 1.86. The van der Waals surface area contributed by atoms with Crippen LogP contribution in [0.3, 0.4) is 0 Å². The van der Waals surface area contributed by atoms with Crippen molar-refractivity contribution in [3.8, 4) is 0 Å². The zero-order valence-electron chi connectivity index (χ0n) is 9.93. The Kier molecular flexibility index (Phi) is 4.26. The van der Waals surface area contributed by atoms with Gasteiger partial charge in [0.1, 0.15) is 12.0 Å². The number of methoxy groups -OCH3 is 1. The fraction of sp³-hybridized carbons (Fsp3) is 0.800. The average molecular weight is 231 g/mol. The van der Waals surface area contributed by atoms with Gasteiger partial charge in [0, 0.05) is 7.05 Å². The average Bonchev–Trinajstić information content (AvgIpc) is 2.53. The topological polar surface area (TPSA) is 65.1 Å². The second kappa shape index (κ2) is 5.27. The van der Waals surface area contributed by atoms with Crippen molar-refractivity contribution in [3.05, 3.63) is 0 Å². The van der Waals surface area contributed by atoms with Crippen molar-refractivity contribution in [3.63, 3.8) is 0 Å². The summed E-state index contributed by atoms with van der Waals surface area (Å²) in [6.45, 7) is 3.70. The van der Waals surface area contributed by atoms with Gasteiger partial charge in [-0.25, -0.2) is 0 Å². The van der Waals surface area contributed by atoms with Crippen LogP contribution in [-0.4, -0.2) is 49.9 Å². The highest BCUT2D eigenvalue weighted by Crippen LogP contribution is 2.28. The van der Waals surface area contributed by atoms with Crippen LogP contribution in [0.5, 0.6) is 0 Å². The van der Waals surface area contributed by atoms with Crippen molar-refractivity contribution in [1.29, 1.82) is 0 Å². The Labute approximate surface area is 94.4 Å². The Morgan fingerprint density at radius 2 is 2.00 bits per heavy atom. The summed E-state index contributed by atoms with van der Waals surface area (Å²) in [7, 11) is 2.89. The number of nitrogens with zero attached hydrogens (tertiary/aromatic N) is 1. The van der Waals surface area contributed by atoms with Crippen molar-refractivity contribution >= 4 is 11.9 Å². The van der Waals surface area contributed by atoms with Crippen LogP contribution in [0.1, 0.15) is 13.8 Å². The van der Waals surface area contributed by atoms with E-state index in [2.05, 4.69) is 4.74 Å². The fourth-order valence-corrected chi connectivity index (χ4v) is 1.86. The quantitative estimate of drug-likeness (QED) is 0.636. The van der Waals surface area contributed by atoms with E-state index in [1.165, 1.54) is 12.2 Å². The summed E-state index contributed by atoms with van der Waals surface area (Å²) in [4.78, 5) is 28.5. The molecule has 6 heteroatoms. The van der Waals surface area contributed by atoms with E-state index < -0.39 is 30.0 Å². The molecule has 3 atom stereocenters. The van der Waals surface area contributed by atoms with E-state index in [1.54, 1.807) is 20.9 Å². The van der Waals surface area contributed by atoms with Crippen LogP contribution >= 0.6 is 0 Å². The summed E-state index contributed by atoms with van der Waals surface area (Å²) in [6.07, 6.45) is -0.396. The van der Waals surface area contributed by atoms with Crippen LogP contribution in [0, 0.1) is 5.92 Å². The van der Waals surface area contributed by atoms with Crippen LogP contribution in [-0.2, 0) is 23.9 Å². The van der Waals surface area contributed by atoms with Gasteiger partial charge in [-0.2, -0.15) is 5.06 Å². The largest absolute Gasteiger partial charge is 0.469 e. The predicted octanol–water partition coefficient (Wildman–Crippen LogP) is -0.0272. The Morgan fingerprint density at radius 3 is 2.50 bits per heavy atom. The van der Waals surface area contributed by atoms with E-state index in [4.69, 9.17) is 9.57 Å². The highest BCUT2D eigenvalue weighted by atomic mass is 16.7. The number of carbonyl (C=O) groups is 2. The molecule has 1 heterocycles. The Bertz CT molecular complexity index is 280. The molecular weight excluding hydrogens is 214 g/mol. The number of hydrogen-bond acceptors (Lipinski definition) is 6. The van der Waals surface area contributed by atoms with Crippen molar-refractivity contribution in [2.75, 3.05) is 20.8 Å². The summed E-state index contributed by atoms with van der Waals surface area (Å²) in [5.74, 6) is -1.58. The van der Waals surface area contributed by atoms with Gasteiger partial charge in [0.15, 0.2) is 0 Å². The molecule has 1 aliphatic heterocycles. The van der Waals surface area contributed by atoms with E-state index >= 15 is 0 Å². The number of carbonyl (C=O) groups excluding carboxylic acids is 2. The van der Waals surface area contributed by atoms with Gasteiger partial charge in [0.05, 0.1) is 19.8 Å². The lowest BCUT2D eigenvalue weighted by atomic mass is 9.96. The smallest absolute Gasteiger partial charge is 0.326 e. The normalized spacial score (nSPS) is 30.1. The first kappa shape index (κ1) is 12.9. The number of esters is 2. The number of hydrogen-bond donors (Lipinski definition) is 0. The maximum atomic E-state index is 11.7. The third kappa shape index (κ3) is 2.33. The molecule has 0 aromatic carbocycles. The highest BCUT2D eigenvalue weighted by molar-refractivity contribution is 5.85. The molecule has 0 aromatic heterocycles. The van der Waals surface area contributed by atoms with E-state index in [0.29, 0.717) is 0 Å². The lowest BCUT2D eigenvalue weighted by Gasteiger charge is -2.19. The minimum atomic E-state index is -0.734. The van der Waals surface area contributed by atoms with Gasteiger partial charge < -0.3 is 9.47 Å². The maximum Gasteiger partial charge on any atom is 0.326 e. The van der Waals surface area contributed by atoms with Gasteiger partial charge in [-0.15, -0.1) is 0 Å². The SMILES string of the molecule is CCOC(=O)[C@@H]1[C@@H](C(=O)OC)[C@H](C)ON1C. The summed E-state index contributed by atoms with van der Waals surface area (Å²) >= 11 is 0. The van der Waals surface area contributed by atoms with Crippen molar-refractivity contribution in [2.24, 2.45) is 5.92 Å². The Morgan fingerprint density at radius 1 is 1.38 bits per heavy atom. The Hall–Kier alpha value is -1.14. The molecule has 0 amide bonds. The van der Waals surface area contributed by atoms with E-state index in [-0.39, 0.29) is 6.61 Å². The van der Waals surface area contributed by atoms with E-state index in [0.717, 1.165) is 0 Å². The molecule has 0 saturated carbocycles. The molecule has 0 bridgehead atoms. The lowest BCUT2D eigenvalue weighted by molar-refractivity contribution is -0.170. The van der Waals surface area contributed by atoms with Crippen LogP contribution in [0.2, 0.25) is 0 Å². The molecule has 0 unspecified atom stereocenters. The molecule has 16 heavy (non-hydrogen) atoms. The first-order chi connectivity index (χ1) is 7.52. The van der Waals surface area contributed by atoms with E-state index in [1.807, 2.05) is 0 Å². The molecule has 0 radical (unpaired) electrons. The molecule has 1 rings (SSSR count). The summed E-state index contributed by atoms with van der Waals surface area (Å²) in [6, 6.07) is -0.734. The molecule has 1 fully saturated rings. The summed E-state index contributed by atoms with van der Waals surface area (Å²) < 4.78 is 9.56. The predicted molar refractivity (Wildman–Crippen MR) is 54.2 cm³/mol. The van der Waals surface area contributed by atoms with Gasteiger partial charge in [-0.05, 0) is 13.8 Å². The van der Waals surface area contributed by atoms with Gasteiger partial charge in [-0.3, -0.25) is 14.4 Å². The molecule has 1 aliphatic rings. The van der Waals surface area contributed by atoms with Crippen molar-refractivity contribution < 1.29 is 23.9 Å². The van der Waals surface area contributed by atoms with Crippen LogP contribution < -0.4 is 0 Å². The standard InChI is InChI=1S/C10H17NO5/c1-5-15-10(13)8-7(9(12)14-4)6(2)16-11(8)3/h6-8H,5H2,1-4H3/t6-,7-,8-/m0/s1. The number of likely N-dealkylation sites (N-methyl/N-ethyl adjacent to an activating group) is 1. The van der Waals surface area contributed by atoms with Gasteiger partial charge in [-0.1, -0.05) is 0 Å². The van der Waals surface area contributed by atoms with Crippen molar-refractivity contribution in [2.45, 2.75) is 26.0 Å². The van der Waals surface area contributed by atoms with Crippen LogP contribution in [0.15, 0.2) is 0 Å². The van der Waals surface area contributed by atoms with Gasteiger partial charge in [0.2, 0.25) is 0 Å². The maximum absolute atomic E-state index is 11.7. The number of hydroxylamine groups is 2. The first-order valence-electron chi connectivity index (χ1n) is 5.17.